The van der Waals surface area contributed by atoms with E-state index in [9.17, 15) is 0 Å². The van der Waals surface area contributed by atoms with Gasteiger partial charge in [-0.3, -0.25) is 0 Å². The fourth-order valence-electron chi connectivity index (χ4n) is 3.04. The van der Waals surface area contributed by atoms with Crippen LogP contribution in [0.25, 0.3) is 43.1 Å². The van der Waals surface area contributed by atoms with E-state index in [0.29, 0.717) is 0 Å². The van der Waals surface area contributed by atoms with E-state index in [2.05, 4.69) is 57.9 Å². The maximum absolute atomic E-state index is 2.34. The lowest BCUT2D eigenvalue weighted by atomic mass is 9.98. The Hall–Kier alpha value is -1.90. The molecule has 5 aromatic rings. The number of benzene rings is 3. The lowest BCUT2D eigenvalue weighted by Crippen LogP contribution is -1.78. The van der Waals surface area contributed by atoms with Crippen molar-refractivity contribution in [3.05, 3.63) is 57.9 Å². The van der Waals surface area contributed by atoms with E-state index in [1.54, 1.807) is 22.7 Å². The SMILES string of the molecule is c1cc2cc3c(ccc4cscc43)cc2c2cscc12. The van der Waals surface area contributed by atoms with Crippen molar-refractivity contribution in [3.8, 4) is 0 Å². The van der Waals surface area contributed by atoms with Crippen LogP contribution in [0.1, 0.15) is 0 Å². The largest absolute Gasteiger partial charge is 0.151 e. The van der Waals surface area contributed by atoms with Gasteiger partial charge in [0, 0.05) is 10.8 Å². The molecule has 2 aromatic heterocycles. The van der Waals surface area contributed by atoms with E-state index >= 15 is 0 Å². The van der Waals surface area contributed by atoms with Crippen LogP contribution in [0.4, 0.5) is 0 Å². The summed E-state index contributed by atoms with van der Waals surface area (Å²) in [4.78, 5) is 0. The second kappa shape index (κ2) is 3.81. The van der Waals surface area contributed by atoms with Gasteiger partial charge in [0.1, 0.15) is 0 Å². The van der Waals surface area contributed by atoms with Gasteiger partial charge < -0.3 is 0 Å². The first-order chi connectivity index (χ1) is 9.90. The summed E-state index contributed by atoms with van der Waals surface area (Å²) < 4.78 is 0. The number of fused-ring (bicyclic) bond motifs is 6. The van der Waals surface area contributed by atoms with Crippen LogP contribution in [0.2, 0.25) is 0 Å². The highest BCUT2D eigenvalue weighted by molar-refractivity contribution is 7.09. The second-order valence-corrected chi connectivity index (χ2v) is 6.66. The molecule has 0 atom stereocenters. The molecule has 0 amide bonds. The zero-order valence-electron chi connectivity index (χ0n) is 10.6. The first kappa shape index (κ1) is 10.8. The van der Waals surface area contributed by atoms with Crippen LogP contribution in [0, 0.1) is 0 Å². The molecule has 0 aliphatic heterocycles. The van der Waals surface area contributed by atoms with Gasteiger partial charge in [-0.25, -0.2) is 0 Å². The Bertz CT molecular complexity index is 1010. The maximum atomic E-state index is 2.34. The van der Waals surface area contributed by atoms with Gasteiger partial charge in [-0.2, -0.15) is 22.7 Å². The minimum Gasteiger partial charge on any atom is -0.151 e. The summed E-state index contributed by atoms with van der Waals surface area (Å²) in [6.45, 7) is 0. The molecule has 0 bridgehead atoms. The zero-order valence-corrected chi connectivity index (χ0v) is 12.2. The average molecular weight is 290 g/mol. The summed E-state index contributed by atoms with van der Waals surface area (Å²) in [7, 11) is 0. The quantitative estimate of drug-likeness (QED) is 0.289. The van der Waals surface area contributed by atoms with Crippen LogP contribution in [-0.2, 0) is 0 Å². The fourth-order valence-corrected chi connectivity index (χ4v) is 4.68. The topological polar surface area (TPSA) is 0 Å². The Morgan fingerprint density at radius 1 is 0.450 bits per heavy atom. The molecule has 2 heteroatoms. The van der Waals surface area contributed by atoms with Crippen LogP contribution in [0.15, 0.2) is 57.9 Å². The minimum absolute atomic E-state index is 1.34. The molecule has 0 fully saturated rings. The van der Waals surface area contributed by atoms with Gasteiger partial charge in [0.25, 0.3) is 0 Å². The van der Waals surface area contributed by atoms with E-state index < -0.39 is 0 Å². The monoisotopic (exact) mass is 290 g/mol. The lowest BCUT2D eigenvalue weighted by molar-refractivity contribution is 1.88. The molecule has 0 nitrogen and oxygen atoms in total. The van der Waals surface area contributed by atoms with E-state index in [1.807, 2.05) is 0 Å². The third kappa shape index (κ3) is 1.35. The summed E-state index contributed by atoms with van der Waals surface area (Å²) in [5, 5.41) is 19.8. The molecule has 0 radical (unpaired) electrons. The molecule has 3 aromatic carbocycles. The summed E-state index contributed by atoms with van der Waals surface area (Å²) in [6, 6.07) is 13.6. The van der Waals surface area contributed by atoms with Crippen LogP contribution in [-0.4, -0.2) is 0 Å². The lowest BCUT2D eigenvalue weighted by Gasteiger charge is -2.05. The highest BCUT2D eigenvalue weighted by Gasteiger charge is 2.06. The summed E-state index contributed by atoms with van der Waals surface area (Å²) >= 11 is 3.56. The number of thiophene rings is 2. The van der Waals surface area contributed by atoms with Gasteiger partial charge >= 0.3 is 0 Å². The maximum Gasteiger partial charge on any atom is 0.000205 e. The molecular weight excluding hydrogens is 280 g/mol. The van der Waals surface area contributed by atoms with Crippen molar-refractivity contribution in [2.75, 3.05) is 0 Å². The van der Waals surface area contributed by atoms with Gasteiger partial charge in [-0.1, -0.05) is 24.3 Å². The summed E-state index contributed by atoms with van der Waals surface area (Å²) in [5.74, 6) is 0. The van der Waals surface area contributed by atoms with Crippen LogP contribution in [0.5, 0.6) is 0 Å². The van der Waals surface area contributed by atoms with E-state index in [-0.39, 0.29) is 0 Å². The molecule has 20 heavy (non-hydrogen) atoms. The first-order valence-electron chi connectivity index (χ1n) is 6.57. The van der Waals surface area contributed by atoms with Gasteiger partial charge in [0.05, 0.1) is 0 Å². The molecule has 0 aliphatic rings. The Morgan fingerprint density at radius 2 is 0.900 bits per heavy atom. The van der Waals surface area contributed by atoms with Crippen molar-refractivity contribution >= 4 is 65.8 Å². The highest BCUT2D eigenvalue weighted by Crippen LogP contribution is 2.35. The van der Waals surface area contributed by atoms with E-state index in [1.165, 1.54) is 43.1 Å². The number of hydrogen-bond acceptors (Lipinski definition) is 2. The fraction of sp³-hybridized carbons (Fsp3) is 0. The molecule has 0 N–H and O–H groups in total. The van der Waals surface area contributed by atoms with E-state index in [0.717, 1.165) is 0 Å². The highest BCUT2D eigenvalue weighted by atomic mass is 32.1. The van der Waals surface area contributed by atoms with E-state index in [4.69, 9.17) is 0 Å². The molecular formula is C18H10S2. The first-order valence-corrected chi connectivity index (χ1v) is 8.46. The van der Waals surface area contributed by atoms with Crippen molar-refractivity contribution in [2.24, 2.45) is 0 Å². The van der Waals surface area contributed by atoms with Crippen molar-refractivity contribution in [3.63, 3.8) is 0 Å². The second-order valence-electron chi connectivity index (χ2n) is 5.17. The van der Waals surface area contributed by atoms with Gasteiger partial charge in [-0.05, 0) is 66.0 Å². The predicted octanol–water partition coefficient (Wildman–Crippen LogP) is 6.42. The molecule has 0 unspecified atom stereocenters. The number of hydrogen-bond donors (Lipinski definition) is 0. The molecule has 2 heterocycles. The summed E-state index contributed by atoms with van der Waals surface area (Å²) in [6.07, 6.45) is 0. The van der Waals surface area contributed by atoms with Crippen molar-refractivity contribution in [1.82, 2.24) is 0 Å². The van der Waals surface area contributed by atoms with Crippen LogP contribution in [0.3, 0.4) is 0 Å². The van der Waals surface area contributed by atoms with Crippen molar-refractivity contribution in [2.45, 2.75) is 0 Å². The Morgan fingerprint density at radius 3 is 1.40 bits per heavy atom. The van der Waals surface area contributed by atoms with Crippen molar-refractivity contribution < 1.29 is 0 Å². The minimum atomic E-state index is 1.34. The molecule has 0 saturated heterocycles. The molecule has 0 spiro atoms. The average Bonchev–Trinajstić information content (AvgIpc) is 3.13. The Balaban J connectivity index is 2.07. The standard InChI is InChI=1S/C18H10S2/c1-3-13-7-19-9-17(13)15-6-12-2-4-14-8-20-10-18(14)16(12)5-11(1)15/h1-10H. The van der Waals surface area contributed by atoms with Crippen LogP contribution >= 0.6 is 22.7 Å². The van der Waals surface area contributed by atoms with Gasteiger partial charge in [0.15, 0.2) is 0 Å². The summed E-state index contributed by atoms with van der Waals surface area (Å²) in [5.41, 5.74) is 0. The molecule has 0 aliphatic carbocycles. The third-order valence-electron chi connectivity index (χ3n) is 4.07. The van der Waals surface area contributed by atoms with Crippen molar-refractivity contribution in [1.29, 1.82) is 0 Å². The Labute approximate surface area is 123 Å². The van der Waals surface area contributed by atoms with Gasteiger partial charge in [0.2, 0.25) is 0 Å². The molecule has 5 rings (SSSR count). The van der Waals surface area contributed by atoms with Gasteiger partial charge in [-0.15, -0.1) is 0 Å². The molecule has 94 valence electrons. The smallest absolute Gasteiger partial charge is 0.000205 e. The Kier molecular flexibility index (Phi) is 2.07. The normalized spacial score (nSPS) is 12.0. The van der Waals surface area contributed by atoms with Crippen LogP contribution < -0.4 is 0 Å². The molecule has 0 saturated carbocycles. The third-order valence-corrected chi connectivity index (χ3v) is 5.59. The predicted molar refractivity (Wildman–Crippen MR) is 92.2 cm³/mol. The number of rotatable bonds is 0. The zero-order chi connectivity index (χ0) is 13.1.